The largest absolute Gasteiger partial charge is 0.453 e. The Morgan fingerprint density at radius 3 is 2.28 bits per heavy atom. The number of fused-ring (bicyclic) bond motifs is 5. The van der Waals surface area contributed by atoms with Gasteiger partial charge >= 0.3 is 0 Å². The van der Waals surface area contributed by atoms with E-state index in [4.69, 9.17) is 4.74 Å². The summed E-state index contributed by atoms with van der Waals surface area (Å²) in [6.45, 7) is 8.31. The second-order valence-electron chi connectivity index (χ2n) is 10.2. The van der Waals surface area contributed by atoms with Gasteiger partial charge in [-0.3, -0.25) is 0 Å². The molecular weight excluding hydrogens is 515 g/mol. The highest BCUT2D eigenvalue weighted by Crippen LogP contribution is 2.69. The molecule has 4 aromatic rings. The lowest BCUT2D eigenvalue weighted by Gasteiger charge is -2.35. The Balaban J connectivity index is 1.62. The zero-order chi connectivity index (χ0) is 27.3. The first kappa shape index (κ1) is 25.7. The first-order valence-corrected chi connectivity index (χ1v) is 16.8. The highest BCUT2D eigenvalue weighted by Gasteiger charge is 2.36. The fraction of sp³-hybridized carbons (Fsp3) is 0.143. The van der Waals surface area contributed by atoms with Crippen LogP contribution < -0.4 is 9.64 Å². The van der Waals surface area contributed by atoms with Gasteiger partial charge in [0.1, 0.15) is 0 Å². The van der Waals surface area contributed by atoms with Crippen molar-refractivity contribution in [3.05, 3.63) is 120 Å². The number of aryl methyl sites for hydroxylation is 1. The minimum atomic E-state index is -1.13. The molecule has 2 aliphatic rings. The van der Waals surface area contributed by atoms with Crippen LogP contribution in [0.2, 0.25) is 0 Å². The third-order valence-electron chi connectivity index (χ3n) is 7.65. The lowest BCUT2D eigenvalue weighted by atomic mass is 9.96. The molecule has 0 unspecified atom stereocenters. The van der Waals surface area contributed by atoms with Crippen LogP contribution >= 0.6 is 21.8 Å². The highest BCUT2D eigenvalue weighted by atomic mass is 32.3. The Kier molecular flexibility index (Phi) is 6.49. The maximum Gasteiger partial charge on any atom is 0.152 e. The number of rotatable bonds is 5. The van der Waals surface area contributed by atoms with E-state index < -0.39 is 10.0 Å². The molecule has 4 heteroatoms. The summed E-state index contributed by atoms with van der Waals surface area (Å²) in [6.07, 6.45) is 13.1. The van der Waals surface area contributed by atoms with Gasteiger partial charge in [-0.2, -0.15) is 10.0 Å². The second-order valence-corrected chi connectivity index (χ2v) is 14.6. The summed E-state index contributed by atoms with van der Waals surface area (Å²) in [5.41, 5.74) is 9.40. The van der Waals surface area contributed by atoms with Crippen molar-refractivity contribution < 1.29 is 4.74 Å². The molecule has 2 aliphatic heterocycles. The number of benzene rings is 4. The van der Waals surface area contributed by atoms with Crippen LogP contribution in [-0.4, -0.2) is 18.8 Å². The molecule has 4 aromatic carbocycles. The minimum Gasteiger partial charge on any atom is -0.453 e. The molecule has 0 N–H and O–H groups in total. The monoisotopic (exact) mass is 547 g/mol. The van der Waals surface area contributed by atoms with Crippen molar-refractivity contribution in [2.24, 2.45) is 0 Å². The van der Waals surface area contributed by atoms with Crippen LogP contribution in [0.15, 0.2) is 118 Å². The minimum absolute atomic E-state index is 0.875. The summed E-state index contributed by atoms with van der Waals surface area (Å²) in [5, 5.41) is 0. The first-order valence-electron chi connectivity index (χ1n) is 13.1. The molecular formula is C35H33NOS2. The van der Waals surface area contributed by atoms with Crippen molar-refractivity contribution in [3.63, 3.8) is 0 Å². The van der Waals surface area contributed by atoms with Crippen molar-refractivity contribution in [1.29, 1.82) is 0 Å². The Hall–Kier alpha value is -3.60. The van der Waals surface area contributed by atoms with Crippen LogP contribution in [0.1, 0.15) is 18.1 Å². The van der Waals surface area contributed by atoms with Crippen LogP contribution in [0.25, 0.3) is 16.7 Å². The van der Waals surface area contributed by atoms with Gasteiger partial charge in [0.2, 0.25) is 0 Å². The molecule has 0 radical (unpaired) electrons. The third kappa shape index (κ3) is 4.05. The average Bonchev–Trinajstić information content (AvgIpc) is 3.17. The van der Waals surface area contributed by atoms with Crippen molar-refractivity contribution in [2.45, 2.75) is 23.6 Å². The van der Waals surface area contributed by atoms with Crippen molar-refractivity contribution in [3.8, 4) is 22.6 Å². The van der Waals surface area contributed by atoms with Gasteiger partial charge in [0.05, 0.1) is 11.4 Å². The molecule has 196 valence electrons. The number of hydrogen-bond donors (Lipinski definition) is 0. The molecule has 0 spiro atoms. The molecule has 0 bridgehead atoms. The topological polar surface area (TPSA) is 12.5 Å². The van der Waals surface area contributed by atoms with Gasteiger partial charge in [0.25, 0.3) is 0 Å². The Labute approximate surface area is 238 Å². The van der Waals surface area contributed by atoms with Gasteiger partial charge in [0.15, 0.2) is 11.5 Å². The zero-order valence-corrected chi connectivity index (χ0v) is 24.7. The summed E-state index contributed by atoms with van der Waals surface area (Å²) in [6, 6.07) is 28.6. The predicted octanol–water partition coefficient (Wildman–Crippen LogP) is 10.9. The summed E-state index contributed by atoms with van der Waals surface area (Å²) in [5.74, 6) is 1.78. The van der Waals surface area contributed by atoms with Gasteiger partial charge in [-0.25, -0.2) is 0 Å². The molecule has 0 atom stereocenters. The predicted molar refractivity (Wildman–Crippen MR) is 173 cm³/mol. The smallest absolute Gasteiger partial charge is 0.152 e. The second kappa shape index (κ2) is 9.86. The van der Waals surface area contributed by atoms with E-state index in [1.807, 2.05) is 6.08 Å². The lowest BCUT2D eigenvalue weighted by molar-refractivity contribution is 0.475. The van der Waals surface area contributed by atoms with Gasteiger partial charge in [-0.05, 0) is 103 Å². The van der Waals surface area contributed by atoms with Crippen molar-refractivity contribution >= 4 is 44.4 Å². The summed E-state index contributed by atoms with van der Waals surface area (Å²) < 4.78 is 6.75. The molecule has 0 aliphatic carbocycles. The van der Waals surface area contributed by atoms with E-state index in [1.165, 1.54) is 37.6 Å². The summed E-state index contributed by atoms with van der Waals surface area (Å²) >= 11 is 1.72. The molecule has 2 nitrogen and oxygen atoms in total. The Bertz CT molecular complexity index is 1680. The fourth-order valence-corrected chi connectivity index (χ4v) is 8.85. The SMILES string of the molecule is C=C/C(SC)=C(\C=C/C)c1cc2c(cc1C)Oc1cc3c(cc1N2c1ccccc1)-c1ccccc1S3(C)C. The van der Waals surface area contributed by atoms with E-state index in [-0.39, 0.29) is 0 Å². The zero-order valence-electron chi connectivity index (χ0n) is 23.1. The number of para-hydroxylation sites is 1. The van der Waals surface area contributed by atoms with E-state index in [1.54, 1.807) is 11.8 Å². The summed E-state index contributed by atoms with van der Waals surface area (Å²) in [7, 11) is -1.13. The molecule has 0 saturated carbocycles. The number of allylic oxidation sites excluding steroid dienone is 4. The number of nitrogens with zero attached hydrogens (tertiary/aromatic N) is 1. The normalized spacial score (nSPS) is 16.0. The highest BCUT2D eigenvalue weighted by molar-refractivity contribution is 8.33. The number of anilines is 3. The summed E-state index contributed by atoms with van der Waals surface area (Å²) in [4.78, 5) is 6.35. The van der Waals surface area contributed by atoms with Crippen LogP contribution in [-0.2, 0) is 0 Å². The van der Waals surface area contributed by atoms with E-state index >= 15 is 0 Å². The maximum absolute atomic E-state index is 6.75. The lowest BCUT2D eigenvalue weighted by Crippen LogP contribution is -2.17. The van der Waals surface area contributed by atoms with E-state index in [2.05, 4.69) is 135 Å². The number of ether oxygens (including phenoxy) is 1. The third-order valence-corrected chi connectivity index (χ3v) is 11.4. The molecule has 2 heterocycles. The molecule has 6 rings (SSSR count). The molecule has 0 saturated heterocycles. The standard InChI is InChI=1S/C35H33NOS2/c1-7-14-25(33(8-2)38-4)27-20-29-31(19-23(27)3)37-32-22-35-28(26-17-12-13-18-34(26)39(35,5)6)21-30(32)36(29)24-15-10-9-11-16-24/h7-22H,2H2,1,3-6H3/b14-7-,33-25-. The average molecular weight is 548 g/mol. The van der Waals surface area contributed by atoms with Gasteiger partial charge in [-0.1, -0.05) is 61.2 Å². The van der Waals surface area contributed by atoms with E-state index in [0.29, 0.717) is 0 Å². The fourth-order valence-electron chi connectivity index (χ4n) is 5.79. The molecule has 39 heavy (non-hydrogen) atoms. The van der Waals surface area contributed by atoms with Gasteiger partial charge < -0.3 is 9.64 Å². The Morgan fingerprint density at radius 1 is 0.872 bits per heavy atom. The van der Waals surface area contributed by atoms with E-state index in [0.717, 1.165) is 33.5 Å². The maximum atomic E-state index is 6.75. The quantitative estimate of drug-likeness (QED) is 0.203. The van der Waals surface area contributed by atoms with Crippen LogP contribution in [0, 0.1) is 6.92 Å². The van der Waals surface area contributed by atoms with E-state index in [9.17, 15) is 0 Å². The van der Waals surface area contributed by atoms with Crippen molar-refractivity contribution in [1.82, 2.24) is 0 Å². The first-order chi connectivity index (χ1) is 18.9. The van der Waals surface area contributed by atoms with Gasteiger partial charge in [-0.15, -0.1) is 11.8 Å². The molecule has 0 amide bonds. The molecule has 0 fully saturated rings. The van der Waals surface area contributed by atoms with Crippen LogP contribution in [0.3, 0.4) is 0 Å². The van der Waals surface area contributed by atoms with Crippen LogP contribution in [0.5, 0.6) is 11.5 Å². The molecule has 0 aromatic heterocycles. The van der Waals surface area contributed by atoms with Crippen molar-refractivity contribution in [2.75, 3.05) is 23.7 Å². The number of thioether (sulfide) groups is 1. The Morgan fingerprint density at radius 2 is 1.56 bits per heavy atom. The van der Waals surface area contributed by atoms with Gasteiger partial charge in [0, 0.05) is 20.4 Å². The number of hydrogen-bond acceptors (Lipinski definition) is 3. The van der Waals surface area contributed by atoms with Crippen LogP contribution in [0.4, 0.5) is 17.1 Å².